The first-order valence-electron chi connectivity index (χ1n) is 5.11. The van der Waals surface area contributed by atoms with Crippen molar-refractivity contribution in [2.75, 3.05) is 0 Å². The van der Waals surface area contributed by atoms with E-state index in [2.05, 4.69) is 37.3 Å². The van der Waals surface area contributed by atoms with Gasteiger partial charge in [-0.1, -0.05) is 42.5 Å². The number of nitrogens with two attached hydrogens (primary N) is 1. The second-order valence-corrected chi connectivity index (χ2v) is 3.99. The summed E-state index contributed by atoms with van der Waals surface area (Å²) in [7, 11) is 0. The van der Waals surface area contributed by atoms with Gasteiger partial charge in [0.05, 0.1) is 0 Å². The van der Waals surface area contributed by atoms with Gasteiger partial charge in [0.2, 0.25) is 0 Å². The molecule has 0 spiro atoms. The van der Waals surface area contributed by atoms with Crippen molar-refractivity contribution in [1.82, 2.24) is 0 Å². The van der Waals surface area contributed by atoms with E-state index < -0.39 is 0 Å². The highest BCUT2D eigenvalue weighted by Gasteiger charge is 2.12. The third-order valence-electron chi connectivity index (χ3n) is 2.34. The minimum Gasteiger partial charge on any atom is -0.322 e. The van der Waals surface area contributed by atoms with Crippen LogP contribution in [0.2, 0.25) is 0 Å². The molecule has 0 aromatic heterocycles. The summed E-state index contributed by atoms with van der Waals surface area (Å²) in [5.74, 6) is 0. The smallest absolute Gasteiger partial charge is 0.0313 e. The first-order valence-corrected chi connectivity index (χ1v) is 5.11. The second-order valence-electron chi connectivity index (χ2n) is 3.99. The lowest BCUT2D eigenvalue weighted by molar-refractivity contribution is 0.533. The van der Waals surface area contributed by atoms with Crippen LogP contribution in [0.1, 0.15) is 25.8 Å². The first-order chi connectivity index (χ1) is 6.64. The van der Waals surface area contributed by atoms with E-state index in [-0.39, 0.29) is 5.54 Å². The summed E-state index contributed by atoms with van der Waals surface area (Å²) >= 11 is 0. The molecule has 1 nitrogen and oxygen atoms in total. The zero-order valence-electron chi connectivity index (χ0n) is 9.03. The molecule has 14 heavy (non-hydrogen) atoms. The molecule has 0 saturated carbocycles. The summed E-state index contributed by atoms with van der Waals surface area (Å²) in [6, 6.07) is 10.5. The number of aryl methyl sites for hydroxylation is 1. The quantitative estimate of drug-likeness (QED) is 0.724. The van der Waals surface area contributed by atoms with Crippen molar-refractivity contribution in [2.45, 2.75) is 32.2 Å². The van der Waals surface area contributed by atoms with Gasteiger partial charge in [0.1, 0.15) is 0 Å². The van der Waals surface area contributed by atoms with Crippen molar-refractivity contribution in [3.63, 3.8) is 0 Å². The Kier molecular flexibility index (Phi) is 3.90. The topological polar surface area (TPSA) is 26.0 Å². The molecule has 2 N–H and O–H groups in total. The van der Waals surface area contributed by atoms with Crippen LogP contribution in [0.5, 0.6) is 0 Å². The highest BCUT2D eigenvalue weighted by Crippen LogP contribution is 2.12. The van der Waals surface area contributed by atoms with Crippen LogP contribution in [0.4, 0.5) is 0 Å². The standard InChI is InChI=1S/C13H19N/c1-3-10-13(2,14)11-9-12-7-5-4-6-8-12/h3-8,10H,9,11,14H2,1-2H3/b10-3+/t13-/m1/s1. The third-order valence-corrected chi connectivity index (χ3v) is 2.34. The fourth-order valence-electron chi connectivity index (χ4n) is 1.52. The summed E-state index contributed by atoms with van der Waals surface area (Å²) in [6.45, 7) is 4.07. The minimum absolute atomic E-state index is 0.176. The van der Waals surface area contributed by atoms with Gasteiger partial charge in [0.15, 0.2) is 0 Å². The molecule has 0 fully saturated rings. The van der Waals surface area contributed by atoms with Crippen LogP contribution in [0, 0.1) is 0 Å². The molecule has 1 aromatic rings. The number of benzene rings is 1. The van der Waals surface area contributed by atoms with Gasteiger partial charge >= 0.3 is 0 Å². The van der Waals surface area contributed by atoms with Crippen LogP contribution in [0.3, 0.4) is 0 Å². The molecular formula is C13H19N. The molecular weight excluding hydrogens is 170 g/mol. The SMILES string of the molecule is C/C=C/[C@@](C)(N)CCc1ccccc1. The summed E-state index contributed by atoms with van der Waals surface area (Å²) in [6.07, 6.45) is 6.11. The van der Waals surface area contributed by atoms with Gasteiger partial charge in [-0.05, 0) is 32.3 Å². The largest absolute Gasteiger partial charge is 0.322 e. The van der Waals surface area contributed by atoms with Crippen LogP contribution in [0.25, 0.3) is 0 Å². The Balaban J connectivity index is 2.49. The molecule has 0 amide bonds. The number of rotatable bonds is 4. The monoisotopic (exact) mass is 189 g/mol. The summed E-state index contributed by atoms with van der Waals surface area (Å²) < 4.78 is 0. The van der Waals surface area contributed by atoms with Gasteiger partial charge in [0.25, 0.3) is 0 Å². The molecule has 76 valence electrons. The lowest BCUT2D eigenvalue weighted by atomic mass is 9.94. The molecule has 0 heterocycles. The summed E-state index contributed by atoms with van der Waals surface area (Å²) in [5, 5.41) is 0. The lowest BCUT2D eigenvalue weighted by Crippen LogP contribution is -2.33. The first kappa shape index (κ1) is 11.0. The second kappa shape index (κ2) is 4.97. The van der Waals surface area contributed by atoms with Crippen LogP contribution in [0.15, 0.2) is 42.5 Å². The Labute approximate surface area is 86.6 Å². The van der Waals surface area contributed by atoms with E-state index in [4.69, 9.17) is 5.73 Å². The summed E-state index contributed by atoms with van der Waals surface area (Å²) in [4.78, 5) is 0. The molecule has 0 unspecified atom stereocenters. The minimum atomic E-state index is -0.176. The van der Waals surface area contributed by atoms with E-state index in [1.807, 2.05) is 19.1 Å². The molecule has 1 heteroatoms. The van der Waals surface area contributed by atoms with Crippen molar-refractivity contribution in [3.8, 4) is 0 Å². The van der Waals surface area contributed by atoms with Crippen LogP contribution >= 0.6 is 0 Å². The van der Waals surface area contributed by atoms with E-state index in [0.717, 1.165) is 12.8 Å². The molecule has 0 saturated heterocycles. The predicted molar refractivity (Wildman–Crippen MR) is 62.2 cm³/mol. The molecule has 1 atom stereocenters. The van der Waals surface area contributed by atoms with E-state index in [1.165, 1.54) is 5.56 Å². The van der Waals surface area contributed by atoms with Crippen molar-refractivity contribution in [1.29, 1.82) is 0 Å². The van der Waals surface area contributed by atoms with Crippen LogP contribution in [-0.4, -0.2) is 5.54 Å². The maximum absolute atomic E-state index is 6.09. The van der Waals surface area contributed by atoms with Gasteiger partial charge in [-0.25, -0.2) is 0 Å². The molecule has 1 aromatic carbocycles. The van der Waals surface area contributed by atoms with Crippen molar-refractivity contribution >= 4 is 0 Å². The Morgan fingerprint density at radius 2 is 1.93 bits per heavy atom. The zero-order valence-corrected chi connectivity index (χ0v) is 9.03. The van der Waals surface area contributed by atoms with Crippen molar-refractivity contribution in [3.05, 3.63) is 48.0 Å². The van der Waals surface area contributed by atoms with Gasteiger partial charge in [-0.15, -0.1) is 0 Å². The van der Waals surface area contributed by atoms with Gasteiger partial charge in [0, 0.05) is 5.54 Å². The van der Waals surface area contributed by atoms with E-state index in [1.54, 1.807) is 0 Å². The predicted octanol–water partition coefficient (Wildman–Crippen LogP) is 2.91. The zero-order chi connectivity index (χ0) is 10.4. The molecule has 0 aliphatic rings. The molecule has 1 rings (SSSR count). The fourth-order valence-corrected chi connectivity index (χ4v) is 1.52. The Bertz CT molecular complexity index is 285. The molecule has 0 radical (unpaired) electrons. The normalized spacial score (nSPS) is 15.6. The highest BCUT2D eigenvalue weighted by atomic mass is 14.7. The van der Waals surface area contributed by atoms with Gasteiger partial charge in [-0.3, -0.25) is 0 Å². The van der Waals surface area contributed by atoms with Gasteiger partial charge in [-0.2, -0.15) is 0 Å². The van der Waals surface area contributed by atoms with Crippen molar-refractivity contribution in [2.24, 2.45) is 5.73 Å². The average Bonchev–Trinajstić information content (AvgIpc) is 2.17. The van der Waals surface area contributed by atoms with E-state index >= 15 is 0 Å². The van der Waals surface area contributed by atoms with Crippen molar-refractivity contribution < 1.29 is 0 Å². The Hall–Kier alpha value is -1.08. The number of allylic oxidation sites excluding steroid dienone is 1. The number of hydrogen-bond acceptors (Lipinski definition) is 1. The van der Waals surface area contributed by atoms with Crippen LogP contribution in [-0.2, 0) is 6.42 Å². The maximum atomic E-state index is 6.09. The molecule has 0 bridgehead atoms. The number of hydrogen-bond donors (Lipinski definition) is 1. The van der Waals surface area contributed by atoms with Crippen LogP contribution < -0.4 is 5.73 Å². The Morgan fingerprint density at radius 3 is 2.50 bits per heavy atom. The van der Waals surface area contributed by atoms with E-state index in [0.29, 0.717) is 0 Å². The third kappa shape index (κ3) is 3.75. The maximum Gasteiger partial charge on any atom is 0.0313 e. The molecule has 0 aliphatic heterocycles. The Morgan fingerprint density at radius 1 is 1.29 bits per heavy atom. The average molecular weight is 189 g/mol. The summed E-state index contributed by atoms with van der Waals surface area (Å²) in [5.41, 5.74) is 7.27. The fraction of sp³-hybridized carbons (Fsp3) is 0.385. The molecule has 0 aliphatic carbocycles. The lowest BCUT2D eigenvalue weighted by Gasteiger charge is -2.19. The van der Waals surface area contributed by atoms with E-state index in [9.17, 15) is 0 Å². The highest BCUT2D eigenvalue weighted by molar-refractivity contribution is 5.16. The van der Waals surface area contributed by atoms with Gasteiger partial charge < -0.3 is 5.73 Å².